The second kappa shape index (κ2) is 8.62. The van der Waals surface area contributed by atoms with Crippen LogP contribution in [0.1, 0.15) is 22.4 Å². The number of nitrogens with zero attached hydrogens (tertiary/aromatic N) is 3. The van der Waals surface area contributed by atoms with Crippen molar-refractivity contribution >= 4 is 34.0 Å². The lowest BCUT2D eigenvalue weighted by molar-refractivity contribution is -0.130. The maximum atomic E-state index is 12.9. The SMILES string of the molecule is COc1cc2c(cn1)N(C)C(=O)[C@@H](C(=O)Nc1ncc(Cc3ccccc3)s1)CC2. The number of hydrogen-bond donors (Lipinski definition) is 1. The van der Waals surface area contributed by atoms with Crippen LogP contribution in [0.3, 0.4) is 0 Å². The van der Waals surface area contributed by atoms with Crippen molar-refractivity contribution in [3.05, 3.63) is 64.8 Å². The van der Waals surface area contributed by atoms with Crippen LogP contribution in [0, 0.1) is 5.92 Å². The van der Waals surface area contributed by atoms with E-state index in [-0.39, 0.29) is 11.8 Å². The summed E-state index contributed by atoms with van der Waals surface area (Å²) in [6.45, 7) is 0. The molecule has 154 valence electrons. The average molecular weight is 423 g/mol. The summed E-state index contributed by atoms with van der Waals surface area (Å²) in [6.07, 6.45) is 5.13. The Hall–Kier alpha value is -3.26. The van der Waals surface area contributed by atoms with Gasteiger partial charge in [0.25, 0.3) is 0 Å². The third-order valence-electron chi connectivity index (χ3n) is 5.16. The van der Waals surface area contributed by atoms with E-state index in [2.05, 4.69) is 27.4 Å². The molecule has 0 radical (unpaired) electrons. The van der Waals surface area contributed by atoms with Gasteiger partial charge in [-0.15, -0.1) is 11.3 Å². The van der Waals surface area contributed by atoms with Gasteiger partial charge in [-0.2, -0.15) is 0 Å². The summed E-state index contributed by atoms with van der Waals surface area (Å²) in [5.41, 5.74) is 2.82. The summed E-state index contributed by atoms with van der Waals surface area (Å²) in [5, 5.41) is 3.33. The summed E-state index contributed by atoms with van der Waals surface area (Å²) < 4.78 is 5.18. The minimum atomic E-state index is -0.783. The first kappa shape index (κ1) is 20.0. The van der Waals surface area contributed by atoms with E-state index in [9.17, 15) is 9.59 Å². The molecule has 1 aliphatic heterocycles. The smallest absolute Gasteiger partial charge is 0.239 e. The second-order valence-electron chi connectivity index (χ2n) is 7.13. The molecule has 1 aromatic carbocycles. The quantitative estimate of drug-likeness (QED) is 0.638. The van der Waals surface area contributed by atoms with Gasteiger partial charge in [0.2, 0.25) is 17.7 Å². The van der Waals surface area contributed by atoms with E-state index in [1.807, 2.05) is 24.3 Å². The van der Waals surface area contributed by atoms with Gasteiger partial charge < -0.3 is 15.0 Å². The predicted octanol–water partition coefficient (Wildman–Crippen LogP) is 3.30. The van der Waals surface area contributed by atoms with Gasteiger partial charge in [-0.05, 0) is 24.0 Å². The molecular formula is C22H22N4O3S. The van der Waals surface area contributed by atoms with Crippen LogP contribution >= 0.6 is 11.3 Å². The molecule has 1 atom stereocenters. The van der Waals surface area contributed by atoms with Crippen molar-refractivity contribution < 1.29 is 14.3 Å². The van der Waals surface area contributed by atoms with Gasteiger partial charge in [-0.25, -0.2) is 9.97 Å². The Balaban J connectivity index is 1.45. The molecule has 0 spiro atoms. The number of carbonyl (C=O) groups excluding carboxylic acids is 2. The van der Waals surface area contributed by atoms with Crippen LogP contribution in [0.25, 0.3) is 0 Å². The summed E-state index contributed by atoms with van der Waals surface area (Å²) in [6, 6.07) is 11.9. The lowest BCUT2D eigenvalue weighted by atomic mass is 10.00. The first-order valence-electron chi connectivity index (χ1n) is 9.65. The van der Waals surface area contributed by atoms with Crippen LogP contribution in [0.15, 0.2) is 48.8 Å². The molecule has 0 saturated carbocycles. The van der Waals surface area contributed by atoms with Crippen molar-refractivity contribution in [3.8, 4) is 5.88 Å². The number of ether oxygens (including phenoxy) is 1. The van der Waals surface area contributed by atoms with Gasteiger partial charge in [-0.1, -0.05) is 30.3 Å². The molecule has 3 heterocycles. The molecule has 0 bridgehead atoms. The number of hydrogen-bond acceptors (Lipinski definition) is 6. The fraction of sp³-hybridized carbons (Fsp3) is 0.273. The topological polar surface area (TPSA) is 84.4 Å². The van der Waals surface area contributed by atoms with Crippen molar-refractivity contribution in [2.24, 2.45) is 5.92 Å². The molecule has 0 saturated heterocycles. The van der Waals surface area contributed by atoms with Gasteiger partial charge >= 0.3 is 0 Å². The van der Waals surface area contributed by atoms with E-state index in [1.54, 1.807) is 26.6 Å². The number of thiazole rings is 1. The number of benzene rings is 1. The Bertz CT molecular complexity index is 1070. The number of carbonyl (C=O) groups is 2. The van der Waals surface area contributed by atoms with E-state index in [0.29, 0.717) is 29.5 Å². The minimum absolute atomic E-state index is 0.251. The third-order valence-corrected chi connectivity index (χ3v) is 6.08. The lowest BCUT2D eigenvalue weighted by Gasteiger charge is -2.20. The zero-order valence-electron chi connectivity index (χ0n) is 16.8. The highest BCUT2D eigenvalue weighted by atomic mass is 32.1. The number of nitrogens with one attached hydrogen (secondary N) is 1. The molecule has 2 amide bonds. The second-order valence-corrected chi connectivity index (χ2v) is 8.24. The van der Waals surface area contributed by atoms with Crippen LogP contribution in [-0.4, -0.2) is 35.9 Å². The Labute approximate surface area is 178 Å². The fourth-order valence-electron chi connectivity index (χ4n) is 3.54. The number of fused-ring (bicyclic) bond motifs is 1. The zero-order valence-corrected chi connectivity index (χ0v) is 17.6. The van der Waals surface area contributed by atoms with Gasteiger partial charge in [-0.3, -0.25) is 9.59 Å². The highest BCUT2D eigenvalue weighted by Crippen LogP contribution is 2.31. The van der Waals surface area contributed by atoms with E-state index >= 15 is 0 Å². The Morgan fingerprint density at radius 3 is 2.83 bits per heavy atom. The molecule has 0 fully saturated rings. The highest BCUT2D eigenvalue weighted by molar-refractivity contribution is 7.15. The molecule has 4 rings (SSSR count). The predicted molar refractivity (Wildman–Crippen MR) is 116 cm³/mol. The monoisotopic (exact) mass is 422 g/mol. The van der Waals surface area contributed by atoms with Crippen molar-refractivity contribution in [3.63, 3.8) is 0 Å². The van der Waals surface area contributed by atoms with Crippen molar-refractivity contribution in [2.75, 3.05) is 24.4 Å². The van der Waals surface area contributed by atoms with Gasteiger partial charge in [0, 0.05) is 30.6 Å². The average Bonchev–Trinajstić information content (AvgIpc) is 3.15. The van der Waals surface area contributed by atoms with Gasteiger partial charge in [0.15, 0.2) is 5.13 Å². The maximum absolute atomic E-state index is 12.9. The van der Waals surface area contributed by atoms with Crippen LogP contribution < -0.4 is 15.0 Å². The van der Waals surface area contributed by atoms with Gasteiger partial charge in [0.1, 0.15) is 5.92 Å². The Morgan fingerprint density at radius 1 is 1.27 bits per heavy atom. The highest BCUT2D eigenvalue weighted by Gasteiger charge is 2.34. The molecule has 0 aliphatic carbocycles. The molecule has 8 heteroatoms. The molecule has 1 N–H and O–H groups in total. The molecule has 7 nitrogen and oxygen atoms in total. The third kappa shape index (κ3) is 4.18. The first-order chi connectivity index (χ1) is 14.5. The molecule has 1 aliphatic rings. The summed E-state index contributed by atoms with van der Waals surface area (Å²) in [7, 11) is 3.22. The van der Waals surface area contributed by atoms with E-state index in [0.717, 1.165) is 16.9 Å². The Kier molecular flexibility index (Phi) is 5.76. The number of rotatable bonds is 5. The van der Waals surface area contributed by atoms with E-state index in [1.165, 1.54) is 21.8 Å². The molecule has 2 aromatic heterocycles. The fourth-order valence-corrected chi connectivity index (χ4v) is 4.39. The number of pyridine rings is 1. The number of anilines is 2. The van der Waals surface area contributed by atoms with E-state index < -0.39 is 5.92 Å². The van der Waals surface area contributed by atoms with Crippen molar-refractivity contribution in [1.82, 2.24) is 9.97 Å². The summed E-state index contributed by atoms with van der Waals surface area (Å²) >= 11 is 1.43. The van der Waals surface area contributed by atoms with Crippen molar-refractivity contribution in [2.45, 2.75) is 19.3 Å². The van der Waals surface area contributed by atoms with Gasteiger partial charge in [0.05, 0.1) is 19.0 Å². The first-order valence-corrected chi connectivity index (χ1v) is 10.5. The van der Waals surface area contributed by atoms with Crippen LogP contribution in [0.4, 0.5) is 10.8 Å². The normalized spacial score (nSPS) is 16.0. The number of methoxy groups -OCH3 is 1. The van der Waals surface area contributed by atoms with Crippen LogP contribution in [0.5, 0.6) is 5.88 Å². The standard InChI is InChI=1S/C22H22N4O3S/c1-26-18-13-23-19(29-2)11-15(18)8-9-17(21(26)28)20(27)25-22-24-12-16(30-22)10-14-6-4-3-5-7-14/h3-7,11-13,17H,8-10H2,1-2H3,(H,24,25,27)/t17-/m1/s1. The zero-order chi connectivity index (χ0) is 21.1. The van der Waals surface area contributed by atoms with Crippen molar-refractivity contribution in [1.29, 1.82) is 0 Å². The molecule has 3 aromatic rings. The Morgan fingerprint density at radius 2 is 2.07 bits per heavy atom. The molecular weight excluding hydrogens is 400 g/mol. The van der Waals surface area contributed by atoms with Crippen LogP contribution in [-0.2, 0) is 22.4 Å². The minimum Gasteiger partial charge on any atom is -0.481 e. The molecule has 0 unspecified atom stereocenters. The number of aryl methyl sites for hydroxylation is 1. The number of amides is 2. The summed E-state index contributed by atoms with van der Waals surface area (Å²) in [4.78, 5) is 36.9. The number of aromatic nitrogens is 2. The van der Waals surface area contributed by atoms with E-state index in [4.69, 9.17) is 4.74 Å². The molecule has 30 heavy (non-hydrogen) atoms. The summed E-state index contributed by atoms with van der Waals surface area (Å²) in [5.74, 6) is -0.874. The lowest BCUT2D eigenvalue weighted by Crippen LogP contribution is -2.38. The largest absolute Gasteiger partial charge is 0.481 e. The maximum Gasteiger partial charge on any atom is 0.239 e. The van der Waals surface area contributed by atoms with Crippen LogP contribution in [0.2, 0.25) is 0 Å².